The molecule has 128 valence electrons. The van der Waals surface area contributed by atoms with Crippen LogP contribution in [0.25, 0.3) is 0 Å². The van der Waals surface area contributed by atoms with Crippen LogP contribution in [0.3, 0.4) is 0 Å². The van der Waals surface area contributed by atoms with E-state index < -0.39 is 5.79 Å². The maximum Gasteiger partial charge on any atom is 0.248 e. The maximum atomic E-state index is 12.5. The number of nitrogens with one attached hydrogen (secondary N) is 1. The van der Waals surface area contributed by atoms with Crippen molar-refractivity contribution in [3.8, 4) is 23.8 Å². The van der Waals surface area contributed by atoms with Gasteiger partial charge in [-0.05, 0) is 38.1 Å². The van der Waals surface area contributed by atoms with E-state index in [0.717, 1.165) is 43.8 Å². The lowest BCUT2D eigenvalue weighted by atomic mass is 9.96. The number of ether oxygens (including phenoxy) is 2. The highest BCUT2D eigenvalue weighted by atomic mass is 16.7. The standard InChI is InChI=1S/C19H24N2O3/c1-4-10-21-11-8-14(9-12-21)18(22)20-15-6-7-16-17(13-15)24-19(3,5-2)23-16/h1,6-7,13-14H,5,8-12H2,2-3H3,(H,20,22). The van der Waals surface area contributed by atoms with Crippen LogP contribution in [0.4, 0.5) is 5.69 Å². The zero-order chi connectivity index (χ0) is 17.2. The molecule has 1 N–H and O–H groups in total. The molecular formula is C19H24N2O3. The number of rotatable bonds is 4. The van der Waals surface area contributed by atoms with Gasteiger partial charge in [-0.3, -0.25) is 9.69 Å². The number of benzene rings is 1. The summed E-state index contributed by atoms with van der Waals surface area (Å²) in [5.41, 5.74) is 0.744. The lowest BCUT2D eigenvalue weighted by Crippen LogP contribution is -2.38. The van der Waals surface area contributed by atoms with E-state index in [1.807, 2.05) is 32.0 Å². The topological polar surface area (TPSA) is 50.8 Å². The lowest BCUT2D eigenvalue weighted by molar-refractivity contribution is -0.121. The van der Waals surface area contributed by atoms with Gasteiger partial charge < -0.3 is 14.8 Å². The molecule has 1 unspecified atom stereocenters. The van der Waals surface area contributed by atoms with Crippen molar-refractivity contribution in [2.45, 2.75) is 38.9 Å². The predicted octanol–water partition coefficient (Wildman–Crippen LogP) is 2.87. The van der Waals surface area contributed by atoms with Crippen LogP contribution < -0.4 is 14.8 Å². The van der Waals surface area contributed by atoms with Gasteiger partial charge in [0.15, 0.2) is 11.5 Å². The predicted molar refractivity (Wildman–Crippen MR) is 93.0 cm³/mol. The third-order valence-corrected chi connectivity index (χ3v) is 4.78. The Morgan fingerprint density at radius 2 is 2.08 bits per heavy atom. The quantitative estimate of drug-likeness (QED) is 0.864. The highest BCUT2D eigenvalue weighted by Gasteiger charge is 2.35. The van der Waals surface area contributed by atoms with Crippen LogP contribution in [-0.2, 0) is 4.79 Å². The number of nitrogens with zero attached hydrogens (tertiary/aromatic N) is 1. The van der Waals surface area contributed by atoms with Crippen molar-refractivity contribution in [2.24, 2.45) is 5.92 Å². The second-order valence-electron chi connectivity index (χ2n) is 6.60. The van der Waals surface area contributed by atoms with Crippen LogP contribution in [-0.4, -0.2) is 36.2 Å². The van der Waals surface area contributed by atoms with E-state index in [2.05, 4.69) is 16.1 Å². The van der Waals surface area contributed by atoms with Crippen molar-refractivity contribution in [1.29, 1.82) is 0 Å². The summed E-state index contributed by atoms with van der Waals surface area (Å²) in [6.45, 7) is 6.33. The second-order valence-corrected chi connectivity index (χ2v) is 6.60. The van der Waals surface area contributed by atoms with E-state index in [4.69, 9.17) is 15.9 Å². The Kier molecular flexibility index (Phi) is 4.68. The average Bonchev–Trinajstić information content (AvgIpc) is 2.92. The maximum absolute atomic E-state index is 12.5. The van der Waals surface area contributed by atoms with Crippen LogP contribution in [0.15, 0.2) is 18.2 Å². The first-order chi connectivity index (χ1) is 11.5. The molecule has 5 heteroatoms. The number of amides is 1. The van der Waals surface area contributed by atoms with Gasteiger partial charge in [0.2, 0.25) is 11.7 Å². The van der Waals surface area contributed by atoms with E-state index >= 15 is 0 Å². The summed E-state index contributed by atoms with van der Waals surface area (Å²) in [6.07, 6.45) is 7.76. The Balaban J connectivity index is 1.59. The van der Waals surface area contributed by atoms with Gasteiger partial charge >= 0.3 is 0 Å². The van der Waals surface area contributed by atoms with Crippen molar-refractivity contribution >= 4 is 11.6 Å². The smallest absolute Gasteiger partial charge is 0.248 e. The van der Waals surface area contributed by atoms with Crippen molar-refractivity contribution in [3.05, 3.63) is 18.2 Å². The van der Waals surface area contributed by atoms with Crippen LogP contribution in [0.1, 0.15) is 33.1 Å². The molecule has 0 saturated carbocycles. The first kappa shape index (κ1) is 16.7. The SMILES string of the molecule is C#CCN1CCC(C(=O)Nc2ccc3c(c2)OC(C)(CC)O3)CC1. The number of likely N-dealkylation sites (tertiary alicyclic amines) is 1. The number of anilines is 1. The molecule has 2 aliphatic heterocycles. The molecule has 0 aliphatic carbocycles. The van der Waals surface area contributed by atoms with E-state index in [1.54, 1.807) is 0 Å². The van der Waals surface area contributed by atoms with Crippen LogP contribution in [0, 0.1) is 18.3 Å². The Bertz CT molecular complexity index is 659. The molecule has 1 atom stereocenters. The molecule has 1 fully saturated rings. The summed E-state index contributed by atoms with van der Waals surface area (Å²) < 4.78 is 11.7. The highest BCUT2D eigenvalue weighted by molar-refractivity contribution is 5.93. The molecule has 3 rings (SSSR count). The molecule has 2 heterocycles. The first-order valence-electron chi connectivity index (χ1n) is 8.52. The van der Waals surface area contributed by atoms with Gasteiger partial charge in [0.05, 0.1) is 6.54 Å². The minimum atomic E-state index is -0.616. The molecule has 0 bridgehead atoms. The van der Waals surface area contributed by atoms with Gasteiger partial charge in [-0.25, -0.2) is 0 Å². The summed E-state index contributed by atoms with van der Waals surface area (Å²) >= 11 is 0. The summed E-state index contributed by atoms with van der Waals surface area (Å²) in [4.78, 5) is 14.7. The largest absolute Gasteiger partial charge is 0.449 e. The van der Waals surface area contributed by atoms with Gasteiger partial charge in [0.25, 0.3) is 0 Å². The molecule has 1 aromatic rings. The zero-order valence-corrected chi connectivity index (χ0v) is 14.3. The summed E-state index contributed by atoms with van der Waals surface area (Å²) in [6, 6.07) is 5.54. The van der Waals surface area contributed by atoms with Crippen molar-refractivity contribution < 1.29 is 14.3 Å². The number of hydrogen-bond donors (Lipinski definition) is 1. The summed E-state index contributed by atoms with van der Waals surface area (Å²) in [5, 5.41) is 3.00. The molecule has 1 saturated heterocycles. The van der Waals surface area contributed by atoms with Crippen LogP contribution in [0.2, 0.25) is 0 Å². The normalized spacial score (nSPS) is 23.7. The fraction of sp³-hybridized carbons (Fsp3) is 0.526. The van der Waals surface area contributed by atoms with Gasteiger partial charge in [0.1, 0.15) is 0 Å². The number of carbonyl (C=O) groups is 1. The molecule has 1 aromatic carbocycles. The van der Waals surface area contributed by atoms with Gasteiger partial charge in [-0.15, -0.1) is 6.42 Å². The minimum absolute atomic E-state index is 0.0327. The number of fused-ring (bicyclic) bond motifs is 1. The molecule has 2 aliphatic rings. The van der Waals surface area contributed by atoms with Gasteiger partial charge in [-0.2, -0.15) is 0 Å². The fourth-order valence-electron chi connectivity index (χ4n) is 3.11. The third kappa shape index (κ3) is 3.49. The Labute approximate surface area is 143 Å². The average molecular weight is 328 g/mol. The number of piperidine rings is 1. The van der Waals surface area contributed by atoms with E-state index in [0.29, 0.717) is 12.3 Å². The van der Waals surface area contributed by atoms with E-state index in [9.17, 15) is 4.79 Å². The number of terminal acetylenes is 1. The zero-order valence-electron chi connectivity index (χ0n) is 14.3. The van der Waals surface area contributed by atoms with Gasteiger partial charge in [0, 0.05) is 31.0 Å². The number of carbonyl (C=O) groups excluding carboxylic acids is 1. The summed E-state index contributed by atoms with van der Waals surface area (Å²) in [7, 11) is 0. The highest BCUT2D eigenvalue weighted by Crippen LogP contribution is 2.42. The minimum Gasteiger partial charge on any atom is -0.449 e. The molecule has 0 spiro atoms. The Morgan fingerprint density at radius 3 is 2.75 bits per heavy atom. The van der Waals surface area contributed by atoms with Crippen LogP contribution in [0.5, 0.6) is 11.5 Å². The van der Waals surface area contributed by atoms with Crippen LogP contribution >= 0.6 is 0 Å². The van der Waals surface area contributed by atoms with Gasteiger partial charge in [-0.1, -0.05) is 12.8 Å². The first-order valence-corrected chi connectivity index (χ1v) is 8.52. The van der Waals surface area contributed by atoms with Crippen molar-refractivity contribution in [3.63, 3.8) is 0 Å². The Hall–Kier alpha value is -2.19. The van der Waals surface area contributed by atoms with E-state index in [1.165, 1.54) is 0 Å². The molecule has 1 amide bonds. The van der Waals surface area contributed by atoms with Crippen molar-refractivity contribution in [1.82, 2.24) is 4.90 Å². The van der Waals surface area contributed by atoms with E-state index in [-0.39, 0.29) is 11.8 Å². The Morgan fingerprint density at radius 1 is 1.38 bits per heavy atom. The van der Waals surface area contributed by atoms with Crippen molar-refractivity contribution in [2.75, 3.05) is 25.0 Å². The third-order valence-electron chi connectivity index (χ3n) is 4.78. The lowest BCUT2D eigenvalue weighted by Gasteiger charge is -2.29. The molecule has 0 aromatic heterocycles. The fourth-order valence-corrected chi connectivity index (χ4v) is 3.11. The number of hydrogen-bond acceptors (Lipinski definition) is 4. The molecule has 24 heavy (non-hydrogen) atoms. The second kappa shape index (κ2) is 6.74. The molecule has 5 nitrogen and oxygen atoms in total. The summed E-state index contributed by atoms with van der Waals surface area (Å²) in [5.74, 6) is 3.54. The molecule has 0 radical (unpaired) electrons. The molecular weight excluding hydrogens is 304 g/mol. The monoisotopic (exact) mass is 328 g/mol.